The lowest BCUT2D eigenvalue weighted by atomic mass is 10.1. The van der Waals surface area contributed by atoms with Gasteiger partial charge in [-0.3, -0.25) is 9.59 Å². The van der Waals surface area contributed by atoms with E-state index in [1.165, 1.54) is 0 Å². The molecule has 2 atom stereocenters. The molecule has 1 aromatic rings. The smallest absolute Gasteiger partial charge is 0.228 e. The normalized spacial score (nSPS) is 23.7. The summed E-state index contributed by atoms with van der Waals surface area (Å²) >= 11 is 0. The molecular formula is C17H23N3O4. The minimum atomic E-state index is -0.309. The van der Waals surface area contributed by atoms with Crippen molar-refractivity contribution in [2.45, 2.75) is 18.9 Å². The van der Waals surface area contributed by atoms with E-state index in [4.69, 9.17) is 15.2 Å². The molecule has 2 saturated heterocycles. The molecule has 2 N–H and O–H groups in total. The van der Waals surface area contributed by atoms with Crippen LogP contribution in [0.2, 0.25) is 0 Å². The summed E-state index contributed by atoms with van der Waals surface area (Å²) in [4.78, 5) is 28.4. The second kappa shape index (κ2) is 6.68. The molecule has 0 bridgehead atoms. The molecule has 2 heterocycles. The number of nitrogens with zero attached hydrogens (tertiary/aromatic N) is 2. The Balaban J connectivity index is 1.74. The standard InChI is InChI=1S/C17H23N3O4/c1-23-14-4-3-13(8-15(14)24-2)20-9-11(7-16(20)21)17(22)19-6-5-12(18)10-19/h3-4,8,11-12H,5-7,9-10,18H2,1-2H3/t11-,12+/m0/s1. The zero-order valence-corrected chi connectivity index (χ0v) is 14.0. The Morgan fingerprint density at radius 2 is 1.96 bits per heavy atom. The minimum Gasteiger partial charge on any atom is -0.493 e. The van der Waals surface area contributed by atoms with Gasteiger partial charge in [0.15, 0.2) is 11.5 Å². The van der Waals surface area contributed by atoms with E-state index < -0.39 is 0 Å². The summed E-state index contributed by atoms with van der Waals surface area (Å²) in [7, 11) is 3.12. The maximum atomic E-state index is 12.6. The van der Waals surface area contributed by atoms with Gasteiger partial charge in [0.1, 0.15) is 0 Å². The van der Waals surface area contributed by atoms with E-state index in [1.807, 2.05) is 0 Å². The van der Waals surface area contributed by atoms with Gasteiger partial charge in [0.05, 0.1) is 20.1 Å². The highest BCUT2D eigenvalue weighted by atomic mass is 16.5. The summed E-state index contributed by atoms with van der Waals surface area (Å²) < 4.78 is 10.5. The van der Waals surface area contributed by atoms with E-state index in [1.54, 1.807) is 42.2 Å². The maximum Gasteiger partial charge on any atom is 0.228 e. The van der Waals surface area contributed by atoms with Crippen molar-refractivity contribution in [1.29, 1.82) is 0 Å². The number of hydrogen-bond donors (Lipinski definition) is 1. The summed E-state index contributed by atoms with van der Waals surface area (Å²) in [5, 5.41) is 0. The van der Waals surface area contributed by atoms with Gasteiger partial charge >= 0.3 is 0 Å². The lowest BCUT2D eigenvalue weighted by Crippen LogP contribution is -2.37. The van der Waals surface area contributed by atoms with Crippen LogP contribution in [0.25, 0.3) is 0 Å². The Hall–Kier alpha value is -2.28. The molecule has 0 aromatic heterocycles. The van der Waals surface area contributed by atoms with Gasteiger partial charge in [0, 0.05) is 43.9 Å². The Morgan fingerprint density at radius 1 is 1.21 bits per heavy atom. The van der Waals surface area contributed by atoms with Crippen LogP contribution in [0.5, 0.6) is 11.5 Å². The topological polar surface area (TPSA) is 85.1 Å². The third-order valence-corrected chi connectivity index (χ3v) is 4.69. The second-order valence-electron chi connectivity index (χ2n) is 6.28. The van der Waals surface area contributed by atoms with Crippen LogP contribution in [-0.2, 0) is 9.59 Å². The number of amides is 2. The number of anilines is 1. The van der Waals surface area contributed by atoms with Crippen molar-refractivity contribution in [1.82, 2.24) is 4.90 Å². The predicted molar refractivity (Wildman–Crippen MR) is 89.2 cm³/mol. The van der Waals surface area contributed by atoms with Crippen molar-refractivity contribution in [3.05, 3.63) is 18.2 Å². The molecule has 7 nitrogen and oxygen atoms in total. The van der Waals surface area contributed by atoms with E-state index in [-0.39, 0.29) is 30.2 Å². The van der Waals surface area contributed by atoms with Gasteiger partial charge in [-0.25, -0.2) is 0 Å². The summed E-state index contributed by atoms with van der Waals surface area (Å²) in [6.07, 6.45) is 1.06. The first-order valence-electron chi connectivity index (χ1n) is 8.10. The van der Waals surface area contributed by atoms with E-state index in [2.05, 4.69) is 0 Å². The van der Waals surface area contributed by atoms with Crippen LogP contribution >= 0.6 is 0 Å². The van der Waals surface area contributed by atoms with Crippen molar-refractivity contribution in [2.75, 3.05) is 38.8 Å². The quantitative estimate of drug-likeness (QED) is 0.873. The van der Waals surface area contributed by atoms with Crippen molar-refractivity contribution >= 4 is 17.5 Å². The molecule has 2 aliphatic heterocycles. The minimum absolute atomic E-state index is 0.0271. The number of likely N-dealkylation sites (tertiary alicyclic amines) is 1. The monoisotopic (exact) mass is 333 g/mol. The van der Waals surface area contributed by atoms with E-state index in [0.29, 0.717) is 36.8 Å². The first-order chi connectivity index (χ1) is 11.5. The Kier molecular flexibility index (Phi) is 4.62. The first kappa shape index (κ1) is 16.6. The van der Waals surface area contributed by atoms with E-state index in [9.17, 15) is 9.59 Å². The van der Waals surface area contributed by atoms with Gasteiger partial charge < -0.3 is 25.0 Å². The molecule has 3 rings (SSSR count). The number of hydrogen-bond acceptors (Lipinski definition) is 5. The highest BCUT2D eigenvalue weighted by Gasteiger charge is 2.38. The summed E-state index contributed by atoms with van der Waals surface area (Å²) in [5.41, 5.74) is 6.58. The molecule has 0 unspecified atom stereocenters. The molecule has 1 aromatic carbocycles. The number of nitrogens with two attached hydrogens (primary N) is 1. The zero-order valence-electron chi connectivity index (χ0n) is 14.0. The molecular weight excluding hydrogens is 310 g/mol. The Labute approximate surface area is 141 Å². The second-order valence-corrected chi connectivity index (χ2v) is 6.28. The SMILES string of the molecule is COc1ccc(N2C[C@@H](C(=O)N3CC[C@@H](N)C3)CC2=O)cc1OC. The number of methoxy groups -OCH3 is 2. The van der Waals surface area contributed by atoms with Crippen LogP contribution in [0.4, 0.5) is 5.69 Å². The van der Waals surface area contributed by atoms with E-state index >= 15 is 0 Å². The molecule has 24 heavy (non-hydrogen) atoms. The van der Waals surface area contributed by atoms with Crippen LogP contribution in [-0.4, -0.2) is 56.6 Å². The van der Waals surface area contributed by atoms with Gasteiger partial charge in [-0.15, -0.1) is 0 Å². The molecule has 2 fully saturated rings. The van der Waals surface area contributed by atoms with Crippen LogP contribution in [0.3, 0.4) is 0 Å². The van der Waals surface area contributed by atoms with Crippen molar-refractivity contribution in [3.8, 4) is 11.5 Å². The first-order valence-corrected chi connectivity index (χ1v) is 8.10. The highest BCUT2D eigenvalue weighted by molar-refractivity contribution is 6.00. The van der Waals surface area contributed by atoms with Crippen molar-refractivity contribution < 1.29 is 19.1 Å². The van der Waals surface area contributed by atoms with Crippen molar-refractivity contribution in [2.24, 2.45) is 11.7 Å². The third kappa shape index (κ3) is 3.03. The summed E-state index contributed by atoms with van der Waals surface area (Å²) in [6.45, 7) is 1.65. The highest BCUT2D eigenvalue weighted by Crippen LogP contribution is 2.34. The fraction of sp³-hybridized carbons (Fsp3) is 0.529. The number of rotatable bonds is 4. The zero-order chi connectivity index (χ0) is 17.3. The van der Waals surface area contributed by atoms with Gasteiger partial charge in [-0.05, 0) is 18.6 Å². The molecule has 0 aliphatic carbocycles. The van der Waals surface area contributed by atoms with Crippen LogP contribution < -0.4 is 20.1 Å². The summed E-state index contributed by atoms with van der Waals surface area (Å²) in [6, 6.07) is 5.37. The average Bonchev–Trinajstić information content (AvgIpc) is 3.19. The predicted octanol–water partition coefficient (Wildman–Crippen LogP) is 0.616. The largest absolute Gasteiger partial charge is 0.493 e. The Morgan fingerprint density at radius 3 is 2.58 bits per heavy atom. The molecule has 7 heteroatoms. The third-order valence-electron chi connectivity index (χ3n) is 4.69. The molecule has 0 spiro atoms. The van der Waals surface area contributed by atoms with E-state index in [0.717, 1.165) is 6.42 Å². The number of ether oxygens (including phenoxy) is 2. The van der Waals surface area contributed by atoms with Gasteiger partial charge in [0.2, 0.25) is 11.8 Å². The molecule has 2 amide bonds. The lowest BCUT2D eigenvalue weighted by molar-refractivity contribution is -0.134. The van der Waals surface area contributed by atoms with Crippen LogP contribution in [0, 0.1) is 5.92 Å². The molecule has 130 valence electrons. The average molecular weight is 333 g/mol. The molecule has 0 radical (unpaired) electrons. The Bertz CT molecular complexity index is 649. The van der Waals surface area contributed by atoms with Crippen molar-refractivity contribution in [3.63, 3.8) is 0 Å². The fourth-order valence-electron chi connectivity index (χ4n) is 3.36. The van der Waals surface area contributed by atoms with Crippen LogP contribution in [0.15, 0.2) is 18.2 Å². The summed E-state index contributed by atoms with van der Waals surface area (Å²) in [5.74, 6) is 0.828. The number of benzene rings is 1. The molecule has 2 aliphatic rings. The van der Waals surface area contributed by atoms with Gasteiger partial charge in [-0.1, -0.05) is 0 Å². The van der Waals surface area contributed by atoms with Gasteiger partial charge in [0.25, 0.3) is 0 Å². The number of carbonyl (C=O) groups excluding carboxylic acids is 2. The van der Waals surface area contributed by atoms with Crippen LogP contribution in [0.1, 0.15) is 12.8 Å². The number of carbonyl (C=O) groups is 2. The fourth-order valence-corrected chi connectivity index (χ4v) is 3.36. The lowest BCUT2D eigenvalue weighted by Gasteiger charge is -2.21. The van der Waals surface area contributed by atoms with Gasteiger partial charge in [-0.2, -0.15) is 0 Å². The molecule has 0 saturated carbocycles. The maximum absolute atomic E-state index is 12.6.